The molecule has 0 spiro atoms. The molecule has 180 valence electrons. The molecule has 32 heavy (non-hydrogen) atoms. The maximum Gasteiger partial charge on any atom is 0.373 e. The van der Waals surface area contributed by atoms with Crippen molar-refractivity contribution in [3.63, 3.8) is 0 Å². The van der Waals surface area contributed by atoms with Gasteiger partial charge in [0.1, 0.15) is 17.9 Å². The van der Waals surface area contributed by atoms with Crippen LogP contribution in [0, 0.1) is 5.92 Å². The molecule has 0 fully saturated rings. The van der Waals surface area contributed by atoms with Crippen molar-refractivity contribution in [2.45, 2.75) is 32.4 Å². The molecule has 15 heteroatoms. The Morgan fingerprint density at radius 2 is 1.41 bits per heavy atom. The molecule has 0 rings (SSSR count). The van der Waals surface area contributed by atoms with Crippen LogP contribution in [0.1, 0.15) is 20.3 Å². The Labute approximate surface area is 194 Å². The van der Waals surface area contributed by atoms with Crippen LogP contribution in [0.15, 0.2) is 0 Å². The Bertz CT molecular complexity index is 727. The third kappa shape index (κ3) is 15.0. The van der Waals surface area contributed by atoms with Crippen LogP contribution < -0.4 is 21.3 Å². The summed E-state index contributed by atoms with van der Waals surface area (Å²) in [5, 5.41) is 17.9. The summed E-state index contributed by atoms with van der Waals surface area (Å²) in [5.41, 5.74) is 0. The highest BCUT2D eigenvalue weighted by Gasteiger charge is 2.23. The molecule has 0 saturated carbocycles. The molecule has 0 aliphatic rings. The minimum Gasteiger partial charge on any atom is -0.480 e. The van der Waals surface area contributed by atoms with Crippen LogP contribution in [-0.4, -0.2) is 83.3 Å². The molecule has 0 aliphatic carbocycles. The Morgan fingerprint density at radius 3 is 1.84 bits per heavy atom. The van der Waals surface area contributed by atoms with Gasteiger partial charge in [0, 0.05) is 17.9 Å². The fourth-order valence-electron chi connectivity index (χ4n) is 1.98. The summed E-state index contributed by atoms with van der Waals surface area (Å²) in [6, 6.07) is -2.14. The predicted molar refractivity (Wildman–Crippen MR) is 115 cm³/mol. The smallest absolute Gasteiger partial charge is 0.373 e. The third-order valence-electron chi connectivity index (χ3n) is 3.56. The molecular formula is C17H26N4O9S2. The van der Waals surface area contributed by atoms with E-state index in [2.05, 4.69) is 46.5 Å². The Hall–Kier alpha value is -2.90. The average Bonchev–Trinajstić information content (AvgIpc) is 2.72. The molecule has 0 saturated heterocycles. The number of carboxylic acid groups (broad SMARTS) is 1. The van der Waals surface area contributed by atoms with Crippen molar-refractivity contribution < 1.29 is 43.5 Å². The van der Waals surface area contributed by atoms with Gasteiger partial charge >= 0.3 is 12.1 Å². The molecule has 0 aromatic heterocycles. The Balaban J connectivity index is 0. The lowest BCUT2D eigenvalue weighted by Gasteiger charge is -2.18. The summed E-state index contributed by atoms with van der Waals surface area (Å²) in [7, 11) is 0. The van der Waals surface area contributed by atoms with E-state index in [1.54, 1.807) is 0 Å². The topological polar surface area (TPSA) is 205 Å². The monoisotopic (exact) mass is 494 g/mol. The van der Waals surface area contributed by atoms with Gasteiger partial charge in [-0.1, -0.05) is 0 Å². The van der Waals surface area contributed by atoms with Crippen LogP contribution >= 0.6 is 25.3 Å². The number of aliphatic carboxylic acids is 1. The summed E-state index contributed by atoms with van der Waals surface area (Å²) in [5.74, 6) is -4.64. The van der Waals surface area contributed by atoms with Gasteiger partial charge < -0.3 is 31.2 Å². The molecule has 0 aromatic carbocycles. The van der Waals surface area contributed by atoms with Crippen LogP contribution in [0.5, 0.6) is 0 Å². The number of thiol groups is 2. The van der Waals surface area contributed by atoms with E-state index in [1.165, 1.54) is 13.8 Å². The van der Waals surface area contributed by atoms with Gasteiger partial charge in [0.15, 0.2) is 0 Å². The number of carbonyl (C=O) groups excluding carboxylic acids is 7. The fraction of sp³-hybridized carbons (Fsp3) is 0.588. The van der Waals surface area contributed by atoms with Crippen molar-refractivity contribution in [3.8, 4) is 0 Å². The van der Waals surface area contributed by atoms with Crippen LogP contribution in [-0.2, 0) is 38.4 Å². The molecule has 0 heterocycles. The van der Waals surface area contributed by atoms with Gasteiger partial charge in [0.05, 0.1) is 19.0 Å². The zero-order valence-corrected chi connectivity index (χ0v) is 19.2. The maximum absolute atomic E-state index is 12.0. The molecule has 0 radical (unpaired) electrons. The van der Waals surface area contributed by atoms with Crippen molar-refractivity contribution in [1.29, 1.82) is 0 Å². The van der Waals surface area contributed by atoms with E-state index in [0.29, 0.717) is 0 Å². The van der Waals surface area contributed by atoms with Crippen molar-refractivity contribution in [3.05, 3.63) is 0 Å². The highest BCUT2D eigenvalue weighted by atomic mass is 32.1. The SMILES string of the molecule is CC(=O)C[C@@H](CS)C(=O)N[C@@H](C)C(=O)NCC(=O)NCC(=O)N[C@@H](CS)C(=O)O.O=C=O. The van der Waals surface area contributed by atoms with Crippen molar-refractivity contribution in [2.75, 3.05) is 24.6 Å². The first-order chi connectivity index (χ1) is 14.9. The van der Waals surface area contributed by atoms with Gasteiger partial charge in [-0.05, 0) is 13.8 Å². The van der Waals surface area contributed by atoms with Gasteiger partial charge in [-0.2, -0.15) is 34.8 Å². The van der Waals surface area contributed by atoms with Crippen LogP contribution in [0.3, 0.4) is 0 Å². The van der Waals surface area contributed by atoms with Gasteiger partial charge in [0.25, 0.3) is 0 Å². The van der Waals surface area contributed by atoms with E-state index in [4.69, 9.17) is 14.7 Å². The standard InChI is InChI=1S/C16H26N4O7S2.CO2/c1-8(21)3-10(6-28)15(25)19-9(2)14(24)18-4-12(22)17-5-13(23)20-11(7-29)16(26)27;2-1-3/h9-11,28-29H,3-7H2,1-2H3,(H,17,22)(H,18,24)(H,19,25)(H,20,23)(H,26,27);/t9-,10-,11-;/m0./s1. The molecule has 13 nitrogen and oxygen atoms in total. The second kappa shape index (κ2) is 17.7. The van der Waals surface area contributed by atoms with Crippen molar-refractivity contribution in [2.24, 2.45) is 5.92 Å². The van der Waals surface area contributed by atoms with E-state index in [9.17, 15) is 28.8 Å². The number of Topliss-reactive ketones (excluding diaryl/α,β-unsaturated/α-hetero) is 1. The van der Waals surface area contributed by atoms with E-state index in [-0.39, 0.29) is 29.9 Å². The number of rotatable bonds is 13. The largest absolute Gasteiger partial charge is 0.480 e. The highest BCUT2D eigenvalue weighted by Crippen LogP contribution is 2.07. The summed E-state index contributed by atoms with van der Waals surface area (Å²) in [6.07, 6.45) is 0.254. The average molecular weight is 495 g/mol. The highest BCUT2D eigenvalue weighted by molar-refractivity contribution is 7.80. The van der Waals surface area contributed by atoms with E-state index >= 15 is 0 Å². The zero-order valence-electron chi connectivity index (χ0n) is 17.4. The number of carboxylic acids is 1. The van der Waals surface area contributed by atoms with Crippen molar-refractivity contribution >= 4 is 66.8 Å². The molecule has 4 amide bonds. The minimum atomic E-state index is -1.26. The number of hydrogen-bond acceptors (Lipinski definition) is 10. The number of amides is 4. The maximum atomic E-state index is 12.0. The number of hydrogen-bond donors (Lipinski definition) is 7. The lowest BCUT2D eigenvalue weighted by atomic mass is 10.0. The molecule has 5 N–H and O–H groups in total. The lowest BCUT2D eigenvalue weighted by Crippen LogP contribution is -2.50. The van der Waals surface area contributed by atoms with E-state index in [1.807, 2.05) is 0 Å². The van der Waals surface area contributed by atoms with Crippen LogP contribution in [0.2, 0.25) is 0 Å². The van der Waals surface area contributed by atoms with E-state index in [0.717, 1.165) is 0 Å². The minimum absolute atomic E-state index is 0.00406. The first-order valence-electron chi connectivity index (χ1n) is 9.00. The number of ketones is 1. The zero-order chi connectivity index (χ0) is 25.3. The van der Waals surface area contributed by atoms with Gasteiger partial charge in [-0.3, -0.25) is 19.2 Å². The van der Waals surface area contributed by atoms with Crippen LogP contribution in [0.4, 0.5) is 0 Å². The molecular weight excluding hydrogens is 468 g/mol. The van der Waals surface area contributed by atoms with Gasteiger partial charge in [-0.25, -0.2) is 4.79 Å². The fourth-order valence-corrected chi connectivity index (χ4v) is 2.52. The molecule has 3 atom stereocenters. The van der Waals surface area contributed by atoms with Gasteiger partial charge in [-0.15, -0.1) is 0 Å². The second-order valence-corrected chi connectivity index (χ2v) is 6.96. The first kappa shape index (κ1) is 31.3. The molecule has 0 unspecified atom stereocenters. The molecule has 0 aliphatic heterocycles. The Morgan fingerprint density at radius 1 is 0.875 bits per heavy atom. The molecule has 0 aromatic rings. The molecule has 0 bridgehead atoms. The third-order valence-corrected chi connectivity index (χ3v) is 4.37. The van der Waals surface area contributed by atoms with Crippen molar-refractivity contribution in [1.82, 2.24) is 21.3 Å². The summed E-state index contributed by atoms with van der Waals surface area (Å²) < 4.78 is 0. The summed E-state index contributed by atoms with van der Waals surface area (Å²) >= 11 is 7.80. The number of carbonyl (C=O) groups is 6. The quantitative estimate of drug-likeness (QED) is 0.132. The van der Waals surface area contributed by atoms with Gasteiger partial charge in [0.2, 0.25) is 23.6 Å². The van der Waals surface area contributed by atoms with Crippen LogP contribution in [0.25, 0.3) is 0 Å². The summed E-state index contributed by atoms with van der Waals surface area (Å²) in [4.78, 5) is 85.4. The number of nitrogens with one attached hydrogen (secondary N) is 4. The normalized spacial score (nSPS) is 12.4. The first-order valence-corrected chi connectivity index (χ1v) is 10.3. The lowest BCUT2D eigenvalue weighted by molar-refractivity contribution is -0.191. The predicted octanol–water partition coefficient (Wildman–Crippen LogP) is -2.84. The second-order valence-electron chi connectivity index (χ2n) is 6.23. The Kier molecular flexibility index (Phi) is 17.4. The summed E-state index contributed by atoms with van der Waals surface area (Å²) in [6.45, 7) is 1.82. The van der Waals surface area contributed by atoms with E-state index < -0.39 is 60.7 Å².